The minimum Gasteiger partial charge on any atom is -0.478 e. The number of nitrogens with one attached hydrogen (secondary N) is 1. The van der Waals surface area contributed by atoms with E-state index in [-0.39, 0.29) is 22.8 Å². The highest BCUT2D eigenvalue weighted by atomic mass is 32.2. The van der Waals surface area contributed by atoms with Crippen LogP contribution in [0.1, 0.15) is 26.5 Å². The second kappa shape index (κ2) is 7.91. The highest BCUT2D eigenvalue weighted by molar-refractivity contribution is 7.89. The number of aromatic carboxylic acids is 1. The van der Waals surface area contributed by atoms with Crippen LogP contribution in [0.5, 0.6) is 0 Å². The quantitative estimate of drug-likeness (QED) is 0.746. The molecule has 0 spiro atoms. The molecule has 1 saturated heterocycles. The predicted molar refractivity (Wildman–Crippen MR) is 92.9 cm³/mol. The van der Waals surface area contributed by atoms with Crippen LogP contribution in [0.4, 0.5) is 0 Å². The fourth-order valence-corrected chi connectivity index (χ4v) is 3.96. The van der Waals surface area contributed by atoms with Crippen LogP contribution < -0.4 is 5.32 Å². The van der Waals surface area contributed by atoms with E-state index in [1.165, 1.54) is 16.4 Å². The molecule has 144 valence electrons. The average molecular weight is 394 g/mol. The van der Waals surface area contributed by atoms with E-state index >= 15 is 0 Å². The molecule has 0 radical (unpaired) electrons. The molecule has 2 heterocycles. The first-order valence-electron chi connectivity index (χ1n) is 8.15. The number of hydrogen-bond donors (Lipinski definition) is 2. The van der Waals surface area contributed by atoms with Crippen LogP contribution in [0, 0.1) is 0 Å². The molecule has 1 aliphatic rings. The van der Waals surface area contributed by atoms with Gasteiger partial charge in [-0.1, -0.05) is 12.1 Å². The maximum atomic E-state index is 12.5. The van der Waals surface area contributed by atoms with Crippen LogP contribution in [0.3, 0.4) is 0 Å². The van der Waals surface area contributed by atoms with E-state index in [2.05, 4.69) is 5.32 Å². The topological polar surface area (TPSA) is 126 Å². The smallest absolute Gasteiger partial charge is 0.338 e. The summed E-state index contributed by atoms with van der Waals surface area (Å²) in [5.41, 5.74) is 0.576. The number of sulfonamides is 1. The van der Waals surface area contributed by atoms with Crippen LogP contribution in [0.25, 0.3) is 0 Å². The van der Waals surface area contributed by atoms with Crippen molar-refractivity contribution in [3.8, 4) is 0 Å². The number of nitrogens with zero attached hydrogens (tertiary/aromatic N) is 1. The molecule has 1 fully saturated rings. The van der Waals surface area contributed by atoms with Crippen molar-refractivity contribution in [1.29, 1.82) is 0 Å². The molecule has 27 heavy (non-hydrogen) atoms. The molecular weight excluding hydrogens is 376 g/mol. The van der Waals surface area contributed by atoms with Gasteiger partial charge in [-0.15, -0.1) is 0 Å². The number of carboxylic acids is 1. The molecule has 1 aromatic carbocycles. The first-order valence-corrected chi connectivity index (χ1v) is 9.59. The Hall–Kier alpha value is -2.69. The lowest BCUT2D eigenvalue weighted by Crippen LogP contribution is -2.40. The zero-order valence-corrected chi connectivity index (χ0v) is 15.1. The minimum atomic E-state index is -3.56. The van der Waals surface area contributed by atoms with Gasteiger partial charge in [0.2, 0.25) is 10.0 Å². The molecule has 0 bridgehead atoms. The van der Waals surface area contributed by atoms with Gasteiger partial charge in [0, 0.05) is 25.7 Å². The highest BCUT2D eigenvalue weighted by Gasteiger charge is 2.26. The van der Waals surface area contributed by atoms with Gasteiger partial charge in [0.05, 0.1) is 23.7 Å². The van der Waals surface area contributed by atoms with Crippen LogP contribution in [0.2, 0.25) is 0 Å². The number of carbonyl (C=O) groups excluding carboxylic acids is 1. The van der Waals surface area contributed by atoms with E-state index in [0.29, 0.717) is 31.9 Å². The molecule has 3 rings (SSSR count). The second-order valence-corrected chi connectivity index (χ2v) is 7.79. The van der Waals surface area contributed by atoms with E-state index in [0.717, 1.165) is 12.3 Å². The first kappa shape index (κ1) is 19.1. The standard InChI is InChI=1S/C17H18N2O7S/c20-16(15-9-13(11-26-15)17(21)22)18-10-12-1-3-14(4-2-12)27(23,24)19-5-7-25-8-6-19/h1-4,9,11H,5-8,10H2,(H,18,20)(H,21,22). The normalized spacial score (nSPS) is 15.4. The second-order valence-electron chi connectivity index (χ2n) is 5.85. The van der Waals surface area contributed by atoms with Gasteiger partial charge in [-0.25, -0.2) is 13.2 Å². The Labute approximate surface area is 155 Å². The number of rotatable bonds is 6. The Balaban J connectivity index is 1.61. The summed E-state index contributed by atoms with van der Waals surface area (Å²) in [6.45, 7) is 1.53. The van der Waals surface area contributed by atoms with Gasteiger partial charge >= 0.3 is 5.97 Å². The van der Waals surface area contributed by atoms with Crippen LogP contribution in [0.15, 0.2) is 45.9 Å². The minimum absolute atomic E-state index is 0.112. The van der Waals surface area contributed by atoms with Gasteiger partial charge in [0.1, 0.15) is 6.26 Å². The number of benzene rings is 1. The molecular formula is C17H18N2O7S. The van der Waals surface area contributed by atoms with Gasteiger partial charge < -0.3 is 19.6 Å². The van der Waals surface area contributed by atoms with Gasteiger partial charge in [-0.2, -0.15) is 4.31 Å². The zero-order valence-electron chi connectivity index (χ0n) is 14.3. The van der Waals surface area contributed by atoms with Crippen molar-refractivity contribution < 1.29 is 32.3 Å². The summed E-state index contributed by atoms with van der Waals surface area (Å²) in [6.07, 6.45) is 0.989. The first-order chi connectivity index (χ1) is 12.9. The molecule has 0 atom stereocenters. The molecule has 1 aliphatic heterocycles. The number of hydrogen-bond acceptors (Lipinski definition) is 6. The predicted octanol–water partition coefficient (Wildman–Crippen LogP) is 0.929. The fourth-order valence-electron chi connectivity index (χ4n) is 2.55. The van der Waals surface area contributed by atoms with Crippen LogP contribution in [-0.2, 0) is 21.3 Å². The van der Waals surface area contributed by atoms with Crippen molar-refractivity contribution in [2.24, 2.45) is 0 Å². The molecule has 10 heteroatoms. The van der Waals surface area contributed by atoms with E-state index in [1.807, 2.05) is 0 Å². The number of amides is 1. The Morgan fingerprint density at radius 2 is 1.81 bits per heavy atom. The van der Waals surface area contributed by atoms with Crippen molar-refractivity contribution in [3.05, 3.63) is 53.5 Å². The average Bonchev–Trinajstić information content (AvgIpc) is 3.18. The van der Waals surface area contributed by atoms with E-state index in [1.54, 1.807) is 12.1 Å². The zero-order chi connectivity index (χ0) is 19.4. The number of ether oxygens (including phenoxy) is 1. The highest BCUT2D eigenvalue weighted by Crippen LogP contribution is 2.18. The molecule has 2 N–H and O–H groups in total. The summed E-state index contributed by atoms with van der Waals surface area (Å²) >= 11 is 0. The van der Waals surface area contributed by atoms with E-state index in [9.17, 15) is 18.0 Å². The third kappa shape index (κ3) is 4.35. The Bertz CT molecular complexity index is 928. The van der Waals surface area contributed by atoms with Crippen LogP contribution in [-0.4, -0.2) is 56.0 Å². The lowest BCUT2D eigenvalue weighted by Gasteiger charge is -2.26. The molecule has 1 amide bonds. The summed E-state index contributed by atoms with van der Waals surface area (Å²) in [4.78, 5) is 22.9. The summed E-state index contributed by atoms with van der Waals surface area (Å²) in [5, 5.41) is 11.4. The number of carbonyl (C=O) groups is 2. The van der Waals surface area contributed by atoms with Crippen molar-refractivity contribution in [3.63, 3.8) is 0 Å². The molecule has 0 saturated carbocycles. The molecule has 0 unspecified atom stereocenters. The SMILES string of the molecule is O=C(O)c1coc(C(=O)NCc2ccc(S(=O)(=O)N3CCOCC3)cc2)c1. The van der Waals surface area contributed by atoms with Crippen LogP contribution >= 0.6 is 0 Å². The fraction of sp³-hybridized carbons (Fsp3) is 0.294. The van der Waals surface area contributed by atoms with E-state index < -0.39 is 21.9 Å². The van der Waals surface area contributed by atoms with Crippen molar-refractivity contribution in [2.45, 2.75) is 11.4 Å². The summed E-state index contributed by atoms with van der Waals surface area (Å²) in [5.74, 6) is -1.86. The maximum Gasteiger partial charge on any atom is 0.338 e. The van der Waals surface area contributed by atoms with Gasteiger partial charge in [0.15, 0.2) is 5.76 Å². The number of morpholine rings is 1. The lowest BCUT2D eigenvalue weighted by molar-refractivity contribution is 0.0695. The Kier molecular flexibility index (Phi) is 5.59. The Morgan fingerprint density at radius 3 is 2.41 bits per heavy atom. The summed E-state index contributed by atoms with van der Waals surface area (Å²) in [7, 11) is -3.56. The van der Waals surface area contributed by atoms with Crippen molar-refractivity contribution >= 4 is 21.9 Å². The summed E-state index contributed by atoms with van der Waals surface area (Å²) < 4.78 is 36.6. The van der Waals surface area contributed by atoms with Gasteiger partial charge in [0.25, 0.3) is 5.91 Å². The molecule has 9 nitrogen and oxygen atoms in total. The Morgan fingerprint density at radius 1 is 1.15 bits per heavy atom. The van der Waals surface area contributed by atoms with Gasteiger partial charge in [-0.05, 0) is 17.7 Å². The third-order valence-electron chi connectivity index (χ3n) is 4.05. The maximum absolute atomic E-state index is 12.5. The molecule has 2 aromatic rings. The number of furan rings is 1. The van der Waals surface area contributed by atoms with Crippen molar-refractivity contribution in [1.82, 2.24) is 9.62 Å². The lowest BCUT2D eigenvalue weighted by atomic mass is 10.2. The van der Waals surface area contributed by atoms with E-state index in [4.69, 9.17) is 14.3 Å². The summed E-state index contributed by atoms with van der Waals surface area (Å²) in [6, 6.07) is 7.33. The number of carboxylic acid groups (broad SMARTS) is 1. The van der Waals surface area contributed by atoms with Crippen molar-refractivity contribution in [2.75, 3.05) is 26.3 Å². The largest absolute Gasteiger partial charge is 0.478 e. The molecule has 0 aliphatic carbocycles. The van der Waals surface area contributed by atoms with Gasteiger partial charge in [-0.3, -0.25) is 4.79 Å². The molecule has 1 aromatic heterocycles. The monoisotopic (exact) mass is 394 g/mol. The third-order valence-corrected chi connectivity index (χ3v) is 5.97.